The molecular formula is C8H9ClF3N. The topological polar surface area (TPSA) is 26.0 Å². The minimum atomic E-state index is -2.62. The van der Waals surface area contributed by atoms with Crippen LogP contribution in [0.15, 0.2) is 24.3 Å². The lowest BCUT2D eigenvalue weighted by Crippen LogP contribution is -2.18. The SMILES string of the molecule is Cl.N[C@@H](c1ccc(F)cc1)C(F)F. The van der Waals surface area contributed by atoms with Crippen molar-refractivity contribution >= 4 is 12.4 Å². The zero-order valence-corrected chi connectivity index (χ0v) is 7.40. The molecule has 0 aliphatic heterocycles. The molecule has 1 aromatic carbocycles. The van der Waals surface area contributed by atoms with E-state index in [2.05, 4.69) is 0 Å². The smallest absolute Gasteiger partial charge is 0.257 e. The van der Waals surface area contributed by atoms with Crippen LogP contribution in [0.25, 0.3) is 0 Å². The molecule has 74 valence electrons. The molecule has 1 rings (SSSR count). The zero-order chi connectivity index (χ0) is 9.14. The van der Waals surface area contributed by atoms with Gasteiger partial charge in [-0.3, -0.25) is 0 Å². The molecule has 0 spiro atoms. The first-order valence-corrected chi connectivity index (χ1v) is 3.40. The second-order valence-electron chi connectivity index (χ2n) is 2.41. The number of hydrogen-bond donors (Lipinski definition) is 1. The Kier molecular flexibility index (Phi) is 4.80. The van der Waals surface area contributed by atoms with Crippen LogP contribution in [-0.4, -0.2) is 6.43 Å². The molecule has 1 nitrogen and oxygen atoms in total. The summed E-state index contributed by atoms with van der Waals surface area (Å²) in [5.74, 6) is -0.458. The van der Waals surface area contributed by atoms with Crippen LogP contribution in [0.3, 0.4) is 0 Å². The van der Waals surface area contributed by atoms with Crippen molar-refractivity contribution in [2.24, 2.45) is 5.73 Å². The van der Waals surface area contributed by atoms with Gasteiger partial charge >= 0.3 is 0 Å². The highest BCUT2D eigenvalue weighted by Crippen LogP contribution is 2.17. The van der Waals surface area contributed by atoms with Crippen LogP contribution in [0.2, 0.25) is 0 Å². The summed E-state index contributed by atoms with van der Waals surface area (Å²) in [7, 11) is 0. The molecule has 0 aliphatic carbocycles. The monoisotopic (exact) mass is 211 g/mol. The van der Waals surface area contributed by atoms with Gasteiger partial charge in [0.2, 0.25) is 0 Å². The summed E-state index contributed by atoms with van der Waals surface area (Å²) in [6.45, 7) is 0. The van der Waals surface area contributed by atoms with E-state index >= 15 is 0 Å². The Morgan fingerprint density at radius 1 is 1.08 bits per heavy atom. The van der Waals surface area contributed by atoms with Gasteiger partial charge in [-0.25, -0.2) is 13.2 Å². The van der Waals surface area contributed by atoms with Gasteiger partial charge in [-0.1, -0.05) is 12.1 Å². The van der Waals surface area contributed by atoms with Gasteiger partial charge in [0.05, 0.1) is 6.04 Å². The Morgan fingerprint density at radius 3 is 1.92 bits per heavy atom. The second-order valence-corrected chi connectivity index (χ2v) is 2.41. The summed E-state index contributed by atoms with van der Waals surface area (Å²) in [4.78, 5) is 0. The van der Waals surface area contributed by atoms with Gasteiger partial charge < -0.3 is 5.73 Å². The van der Waals surface area contributed by atoms with Crippen molar-refractivity contribution < 1.29 is 13.2 Å². The average molecular weight is 212 g/mol. The van der Waals surface area contributed by atoms with E-state index in [1.54, 1.807) is 0 Å². The van der Waals surface area contributed by atoms with Gasteiger partial charge in [0, 0.05) is 0 Å². The van der Waals surface area contributed by atoms with Gasteiger partial charge in [0.25, 0.3) is 6.43 Å². The first-order chi connectivity index (χ1) is 5.61. The van der Waals surface area contributed by atoms with Crippen LogP contribution >= 0.6 is 12.4 Å². The Hall–Kier alpha value is -0.740. The highest BCUT2D eigenvalue weighted by Gasteiger charge is 2.16. The quantitative estimate of drug-likeness (QED) is 0.799. The molecule has 0 heterocycles. The average Bonchev–Trinajstić information content (AvgIpc) is 2.04. The normalized spacial score (nSPS) is 12.4. The lowest BCUT2D eigenvalue weighted by atomic mass is 10.1. The molecule has 0 amide bonds. The highest BCUT2D eigenvalue weighted by molar-refractivity contribution is 5.85. The third-order valence-corrected chi connectivity index (χ3v) is 1.53. The largest absolute Gasteiger partial charge is 0.319 e. The fourth-order valence-electron chi connectivity index (χ4n) is 0.830. The fraction of sp³-hybridized carbons (Fsp3) is 0.250. The fourth-order valence-corrected chi connectivity index (χ4v) is 0.830. The molecular weight excluding hydrogens is 203 g/mol. The zero-order valence-electron chi connectivity index (χ0n) is 6.58. The van der Waals surface area contributed by atoms with Crippen molar-refractivity contribution in [1.29, 1.82) is 0 Å². The number of hydrogen-bond acceptors (Lipinski definition) is 1. The van der Waals surface area contributed by atoms with Crippen LogP contribution in [0.1, 0.15) is 11.6 Å². The third kappa shape index (κ3) is 3.24. The molecule has 0 aromatic heterocycles. The molecule has 0 unspecified atom stereocenters. The van der Waals surface area contributed by atoms with Crippen molar-refractivity contribution in [2.75, 3.05) is 0 Å². The van der Waals surface area contributed by atoms with Gasteiger partial charge in [-0.2, -0.15) is 0 Å². The molecule has 1 atom stereocenters. The molecule has 0 fully saturated rings. The van der Waals surface area contributed by atoms with Crippen molar-refractivity contribution in [1.82, 2.24) is 0 Å². The summed E-state index contributed by atoms with van der Waals surface area (Å²) >= 11 is 0. The van der Waals surface area contributed by atoms with Crippen LogP contribution in [0, 0.1) is 5.82 Å². The van der Waals surface area contributed by atoms with E-state index in [1.807, 2.05) is 0 Å². The highest BCUT2D eigenvalue weighted by atomic mass is 35.5. The van der Waals surface area contributed by atoms with Gasteiger partial charge in [0.15, 0.2) is 0 Å². The summed E-state index contributed by atoms with van der Waals surface area (Å²) in [6, 6.07) is 3.40. The van der Waals surface area contributed by atoms with Crippen molar-refractivity contribution in [2.45, 2.75) is 12.5 Å². The van der Waals surface area contributed by atoms with Crippen LogP contribution in [0.4, 0.5) is 13.2 Å². The van der Waals surface area contributed by atoms with Crippen molar-refractivity contribution in [3.8, 4) is 0 Å². The number of rotatable bonds is 2. The van der Waals surface area contributed by atoms with Gasteiger partial charge in [-0.15, -0.1) is 12.4 Å². The number of benzene rings is 1. The molecule has 13 heavy (non-hydrogen) atoms. The number of nitrogens with two attached hydrogens (primary N) is 1. The predicted octanol–water partition coefficient (Wildman–Crippen LogP) is 2.51. The summed E-state index contributed by atoms with van der Waals surface area (Å²) in [5.41, 5.74) is 5.36. The third-order valence-electron chi connectivity index (χ3n) is 1.53. The second kappa shape index (κ2) is 5.09. The maximum atomic E-state index is 12.3. The van der Waals surface area contributed by atoms with Crippen molar-refractivity contribution in [3.63, 3.8) is 0 Å². The minimum absolute atomic E-state index is 0. The maximum absolute atomic E-state index is 12.3. The van der Waals surface area contributed by atoms with Crippen molar-refractivity contribution in [3.05, 3.63) is 35.6 Å². The Balaban J connectivity index is 0.00000144. The van der Waals surface area contributed by atoms with E-state index in [-0.39, 0.29) is 18.0 Å². The Bertz CT molecular complexity index is 250. The molecule has 0 aliphatic rings. The standard InChI is InChI=1S/C8H8F3N.ClH/c9-6-3-1-5(2-4-6)7(12)8(10)11;/h1-4,7-8H,12H2;1H/t7-;/m0./s1. The lowest BCUT2D eigenvalue weighted by molar-refractivity contribution is 0.116. The van der Waals surface area contributed by atoms with Gasteiger partial charge in [-0.05, 0) is 17.7 Å². The Labute approximate surface area is 80.2 Å². The first-order valence-electron chi connectivity index (χ1n) is 3.40. The molecule has 0 bridgehead atoms. The van der Waals surface area contributed by atoms with Gasteiger partial charge in [0.1, 0.15) is 5.82 Å². The van der Waals surface area contributed by atoms with Crippen LogP contribution in [-0.2, 0) is 0 Å². The molecule has 1 aromatic rings. The van der Waals surface area contributed by atoms with E-state index in [0.29, 0.717) is 0 Å². The molecule has 5 heteroatoms. The summed E-state index contributed by atoms with van der Waals surface area (Å²) < 4.78 is 36.3. The van der Waals surface area contributed by atoms with Crippen LogP contribution < -0.4 is 5.73 Å². The minimum Gasteiger partial charge on any atom is -0.319 e. The van der Waals surface area contributed by atoms with E-state index < -0.39 is 18.3 Å². The maximum Gasteiger partial charge on any atom is 0.257 e. The van der Waals surface area contributed by atoms with E-state index in [0.717, 1.165) is 12.1 Å². The van der Waals surface area contributed by atoms with E-state index in [9.17, 15) is 13.2 Å². The first kappa shape index (κ1) is 12.3. The Morgan fingerprint density at radius 2 is 1.54 bits per heavy atom. The van der Waals surface area contributed by atoms with Crippen LogP contribution in [0.5, 0.6) is 0 Å². The molecule has 0 saturated heterocycles. The van der Waals surface area contributed by atoms with E-state index in [4.69, 9.17) is 5.73 Å². The summed E-state index contributed by atoms with van der Waals surface area (Å²) in [6.07, 6.45) is -2.62. The molecule has 0 saturated carbocycles. The molecule has 0 radical (unpaired) electrons. The molecule has 2 N–H and O–H groups in total. The number of halogens is 4. The number of alkyl halides is 2. The predicted molar refractivity (Wildman–Crippen MR) is 46.6 cm³/mol. The lowest BCUT2D eigenvalue weighted by Gasteiger charge is -2.09. The van der Waals surface area contributed by atoms with E-state index in [1.165, 1.54) is 12.1 Å². The summed E-state index contributed by atoms with van der Waals surface area (Å²) in [5, 5.41) is 0.